The zero-order chi connectivity index (χ0) is 15.4. The average molecular weight is 291 g/mol. The lowest BCUT2D eigenvalue weighted by Crippen LogP contribution is -2.31. The predicted molar refractivity (Wildman–Crippen MR) is 75.8 cm³/mol. The summed E-state index contributed by atoms with van der Waals surface area (Å²) in [6.45, 7) is 0.533. The average Bonchev–Trinajstić information content (AvgIpc) is 2.86. The molecule has 2 rings (SSSR count). The first-order chi connectivity index (χ1) is 10.0. The molecule has 0 amide bonds. The van der Waals surface area contributed by atoms with Crippen molar-refractivity contribution in [2.45, 2.75) is 12.6 Å². The van der Waals surface area contributed by atoms with Crippen molar-refractivity contribution in [3.63, 3.8) is 0 Å². The van der Waals surface area contributed by atoms with Crippen LogP contribution in [0.3, 0.4) is 0 Å². The van der Waals surface area contributed by atoms with Gasteiger partial charge in [-0.15, -0.1) is 0 Å². The van der Waals surface area contributed by atoms with Crippen LogP contribution in [0.2, 0.25) is 0 Å². The Balaban J connectivity index is 2.22. The fourth-order valence-electron chi connectivity index (χ4n) is 2.26. The number of benzene rings is 1. The summed E-state index contributed by atoms with van der Waals surface area (Å²) in [7, 11) is 5.00. The molecule has 21 heavy (non-hydrogen) atoms. The van der Waals surface area contributed by atoms with Crippen LogP contribution in [0.4, 0.5) is 4.39 Å². The zero-order valence-corrected chi connectivity index (χ0v) is 12.3. The number of aryl methyl sites for hydroxylation is 1. The lowest BCUT2D eigenvalue weighted by Gasteiger charge is -2.25. The summed E-state index contributed by atoms with van der Waals surface area (Å²) in [5.74, 6) is -0.717. The third-order valence-electron chi connectivity index (χ3n) is 3.24. The lowest BCUT2D eigenvalue weighted by molar-refractivity contribution is -0.147. The van der Waals surface area contributed by atoms with Gasteiger partial charge in [0.05, 0.1) is 13.3 Å². The van der Waals surface area contributed by atoms with Crippen molar-refractivity contribution in [1.29, 1.82) is 0 Å². The van der Waals surface area contributed by atoms with Gasteiger partial charge in [-0.05, 0) is 24.7 Å². The van der Waals surface area contributed by atoms with Gasteiger partial charge >= 0.3 is 5.97 Å². The van der Waals surface area contributed by atoms with Gasteiger partial charge in [-0.25, -0.2) is 9.18 Å². The maximum absolute atomic E-state index is 13.0. The Morgan fingerprint density at radius 2 is 2.10 bits per heavy atom. The highest BCUT2D eigenvalue weighted by Gasteiger charge is 2.26. The van der Waals surface area contributed by atoms with Gasteiger partial charge in [0.15, 0.2) is 0 Å². The van der Waals surface area contributed by atoms with Crippen LogP contribution in [0.25, 0.3) is 0 Å². The molecule has 0 saturated heterocycles. The summed E-state index contributed by atoms with van der Waals surface area (Å²) in [4.78, 5) is 13.9. The van der Waals surface area contributed by atoms with Gasteiger partial charge in [-0.1, -0.05) is 12.1 Å². The number of methoxy groups -OCH3 is 1. The van der Waals surface area contributed by atoms with Crippen LogP contribution < -0.4 is 0 Å². The Kier molecular flexibility index (Phi) is 4.70. The Morgan fingerprint density at radius 3 is 2.62 bits per heavy atom. The molecule has 0 radical (unpaired) electrons. The molecule has 1 aromatic carbocycles. The van der Waals surface area contributed by atoms with E-state index in [9.17, 15) is 9.18 Å². The number of ether oxygens (including phenoxy) is 1. The number of carbonyl (C=O) groups excluding carboxylic acids is 1. The van der Waals surface area contributed by atoms with Crippen LogP contribution >= 0.6 is 0 Å². The van der Waals surface area contributed by atoms with Crippen LogP contribution in [0.1, 0.15) is 17.2 Å². The van der Waals surface area contributed by atoms with Crippen LogP contribution in [-0.2, 0) is 23.1 Å². The molecule has 5 nitrogen and oxygen atoms in total. The second-order valence-corrected chi connectivity index (χ2v) is 4.91. The molecule has 0 fully saturated rings. The highest BCUT2D eigenvalue weighted by atomic mass is 19.1. The van der Waals surface area contributed by atoms with E-state index in [1.54, 1.807) is 23.0 Å². The third kappa shape index (κ3) is 3.66. The van der Waals surface area contributed by atoms with E-state index in [0.717, 1.165) is 5.56 Å². The fraction of sp³-hybridized carbons (Fsp3) is 0.333. The largest absolute Gasteiger partial charge is 0.468 e. The molecule has 0 aliphatic heterocycles. The normalized spacial score (nSPS) is 12.4. The molecule has 6 heteroatoms. The summed E-state index contributed by atoms with van der Waals surface area (Å²) < 4.78 is 19.6. The number of esters is 1. The van der Waals surface area contributed by atoms with E-state index in [4.69, 9.17) is 4.74 Å². The number of nitrogens with zero attached hydrogens (tertiary/aromatic N) is 3. The molecule has 0 spiro atoms. The molecule has 1 aromatic heterocycles. The van der Waals surface area contributed by atoms with E-state index in [0.29, 0.717) is 12.1 Å². The highest BCUT2D eigenvalue weighted by molar-refractivity contribution is 5.77. The van der Waals surface area contributed by atoms with Crippen LogP contribution in [0, 0.1) is 5.82 Å². The molecule has 112 valence electrons. The van der Waals surface area contributed by atoms with E-state index in [2.05, 4.69) is 5.10 Å². The van der Waals surface area contributed by atoms with Crippen LogP contribution in [0.15, 0.2) is 36.7 Å². The number of rotatable bonds is 5. The molecule has 0 unspecified atom stereocenters. The van der Waals surface area contributed by atoms with Gasteiger partial charge in [-0.3, -0.25) is 9.58 Å². The van der Waals surface area contributed by atoms with Crippen LogP contribution in [0.5, 0.6) is 0 Å². The standard InChI is InChI=1S/C15H18FN3O2/c1-18(9-11-8-17-19(2)10-11)14(15(20)21-3)12-4-6-13(16)7-5-12/h4-8,10,14H,9H2,1-3H3/t14-/m1/s1. The molecular formula is C15H18FN3O2. The van der Waals surface area contributed by atoms with Crippen molar-refractivity contribution in [3.8, 4) is 0 Å². The molecule has 0 saturated carbocycles. The Hall–Kier alpha value is -2.21. The van der Waals surface area contributed by atoms with E-state index >= 15 is 0 Å². The number of carbonyl (C=O) groups is 1. The molecule has 0 N–H and O–H groups in total. The van der Waals surface area contributed by atoms with Gasteiger partial charge in [0, 0.05) is 25.4 Å². The molecule has 2 aromatic rings. The predicted octanol–water partition coefficient (Wildman–Crippen LogP) is 1.91. The maximum Gasteiger partial charge on any atom is 0.327 e. The number of halogens is 1. The Morgan fingerprint density at radius 1 is 1.43 bits per heavy atom. The first-order valence-corrected chi connectivity index (χ1v) is 6.52. The van der Waals surface area contributed by atoms with Crippen molar-refractivity contribution < 1.29 is 13.9 Å². The van der Waals surface area contributed by atoms with Crippen molar-refractivity contribution >= 4 is 5.97 Å². The lowest BCUT2D eigenvalue weighted by atomic mass is 10.1. The molecule has 1 heterocycles. The molecular weight excluding hydrogens is 273 g/mol. The minimum Gasteiger partial charge on any atom is -0.468 e. The quantitative estimate of drug-likeness (QED) is 0.790. The smallest absolute Gasteiger partial charge is 0.327 e. The number of hydrogen-bond donors (Lipinski definition) is 0. The SMILES string of the molecule is COC(=O)[C@@H](c1ccc(F)cc1)N(C)Cc1cnn(C)c1. The van der Waals surface area contributed by atoms with Gasteiger partial charge in [0.1, 0.15) is 11.9 Å². The van der Waals surface area contributed by atoms with E-state index in [-0.39, 0.29) is 11.8 Å². The van der Waals surface area contributed by atoms with Crippen LogP contribution in [-0.4, -0.2) is 34.8 Å². The Labute approximate surface area is 122 Å². The number of hydrogen-bond acceptors (Lipinski definition) is 4. The first-order valence-electron chi connectivity index (χ1n) is 6.52. The number of likely N-dealkylation sites (N-methyl/N-ethyl adjacent to an activating group) is 1. The van der Waals surface area contributed by atoms with E-state index in [1.165, 1.54) is 19.2 Å². The first kappa shape index (κ1) is 15.2. The molecule has 1 atom stereocenters. The van der Waals surface area contributed by atoms with Gasteiger partial charge in [0.2, 0.25) is 0 Å². The topological polar surface area (TPSA) is 47.4 Å². The molecule has 0 aliphatic rings. The minimum absolute atomic E-state index is 0.336. The van der Waals surface area contributed by atoms with Crippen molar-refractivity contribution in [2.24, 2.45) is 7.05 Å². The van der Waals surface area contributed by atoms with E-state index < -0.39 is 6.04 Å². The van der Waals surface area contributed by atoms with Crippen molar-refractivity contribution in [1.82, 2.24) is 14.7 Å². The monoisotopic (exact) mass is 291 g/mol. The minimum atomic E-state index is -0.587. The summed E-state index contributed by atoms with van der Waals surface area (Å²) >= 11 is 0. The van der Waals surface area contributed by atoms with Crippen molar-refractivity contribution in [2.75, 3.05) is 14.2 Å². The van der Waals surface area contributed by atoms with Gasteiger partial charge in [-0.2, -0.15) is 5.10 Å². The molecule has 0 bridgehead atoms. The summed E-state index contributed by atoms with van der Waals surface area (Å²) in [5.41, 5.74) is 1.67. The number of aromatic nitrogens is 2. The van der Waals surface area contributed by atoms with Gasteiger partial charge in [0.25, 0.3) is 0 Å². The summed E-state index contributed by atoms with van der Waals surface area (Å²) in [6, 6.07) is 5.27. The maximum atomic E-state index is 13.0. The highest BCUT2D eigenvalue weighted by Crippen LogP contribution is 2.23. The third-order valence-corrected chi connectivity index (χ3v) is 3.24. The molecule has 0 aliphatic carbocycles. The summed E-state index contributed by atoms with van der Waals surface area (Å²) in [6.07, 6.45) is 3.63. The van der Waals surface area contributed by atoms with E-state index in [1.807, 2.05) is 25.2 Å². The Bertz CT molecular complexity index is 610. The zero-order valence-electron chi connectivity index (χ0n) is 12.3. The second kappa shape index (κ2) is 6.49. The van der Waals surface area contributed by atoms with Crippen molar-refractivity contribution in [3.05, 3.63) is 53.6 Å². The van der Waals surface area contributed by atoms with Gasteiger partial charge < -0.3 is 4.74 Å². The summed E-state index contributed by atoms with van der Waals surface area (Å²) in [5, 5.41) is 4.10. The second-order valence-electron chi connectivity index (χ2n) is 4.91. The fourth-order valence-corrected chi connectivity index (χ4v) is 2.26.